The summed E-state index contributed by atoms with van der Waals surface area (Å²) in [6.45, 7) is 4.22. The van der Waals surface area contributed by atoms with Gasteiger partial charge < -0.3 is 4.74 Å². The Kier molecular flexibility index (Phi) is 4.93. The number of nitrogens with one attached hydrogen (secondary N) is 1. The lowest BCUT2D eigenvalue weighted by Crippen LogP contribution is -2.26. The number of pyridine rings is 1. The first-order valence-corrected chi connectivity index (χ1v) is 8.16. The minimum atomic E-state index is -3.57. The van der Waals surface area contributed by atoms with Crippen molar-refractivity contribution in [2.45, 2.75) is 24.8 Å². The third kappa shape index (κ3) is 4.03. The summed E-state index contributed by atoms with van der Waals surface area (Å²) in [7, 11) is -3.57. The van der Waals surface area contributed by atoms with Crippen LogP contribution in [0.3, 0.4) is 0 Å². The number of hydrogen-bond acceptors (Lipinski definition) is 4. The van der Waals surface area contributed by atoms with Gasteiger partial charge in [0.15, 0.2) is 0 Å². The van der Waals surface area contributed by atoms with Gasteiger partial charge >= 0.3 is 0 Å². The van der Waals surface area contributed by atoms with Gasteiger partial charge in [-0.3, -0.25) is 4.98 Å². The molecule has 1 N–H and O–H groups in total. The highest BCUT2D eigenvalue weighted by molar-refractivity contribution is 7.89. The van der Waals surface area contributed by atoms with Gasteiger partial charge in [-0.1, -0.05) is 0 Å². The molecule has 1 aromatic carbocycles. The van der Waals surface area contributed by atoms with Crippen molar-refractivity contribution in [1.82, 2.24) is 9.71 Å². The van der Waals surface area contributed by atoms with Crippen molar-refractivity contribution in [3.8, 4) is 5.75 Å². The van der Waals surface area contributed by atoms with Crippen molar-refractivity contribution in [2.24, 2.45) is 0 Å². The standard InChI is InChI=1S/C15H18N2O3S/c1-3-20-14-4-6-15(7-5-14)21(18,19)17-12(2)13-8-10-16-11-9-13/h4-12,17H,3H2,1-2H3. The zero-order valence-electron chi connectivity index (χ0n) is 12.0. The summed E-state index contributed by atoms with van der Waals surface area (Å²) in [4.78, 5) is 4.13. The van der Waals surface area contributed by atoms with Crippen LogP contribution >= 0.6 is 0 Å². The molecule has 1 aromatic heterocycles. The van der Waals surface area contributed by atoms with Crippen LogP contribution in [0, 0.1) is 0 Å². The maximum atomic E-state index is 12.3. The second-order valence-corrected chi connectivity index (χ2v) is 6.24. The Hall–Kier alpha value is -1.92. The third-order valence-corrected chi connectivity index (χ3v) is 4.54. The Morgan fingerprint density at radius 3 is 2.33 bits per heavy atom. The van der Waals surface area contributed by atoms with Crippen LogP contribution in [0.15, 0.2) is 53.7 Å². The topological polar surface area (TPSA) is 68.3 Å². The van der Waals surface area contributed by atoms with Crippen LogP contribution in [0.25, 0.3) is 0 Å². The summed E-state index contributed by atoms with van der Waals surface area (Å²) < 4.78 is 32.6. The summed E-state index contributed by atoms with van der Waals surface area (Å²) in [6, 6.07) is 9.60. The molecule has 0 radical (unpaired) electrons. The highest BCUT2D eigenvalue weighted by atomic mass is 32.2. The van der Waals surface area contributed by atoms with Crippen LogP contribution < -0.4 is 9.46 Å². The predicted molar refractivity (Wildman–Crippen MR) is 80.6 cm³/mol. The molecule has 0 amide bonds. The summed E-state index contributed by atoms with van der Waals surface area (Å²) in [5.74, 6) is 0.652. The quantitative estimate of drug-likeness (QED) is 0.890. The van der Waals surface area contributed by atoms with Gasteiger partial charge in [-0.2, -0.15) is 0 Å². The molecule has 0 fully saturated rings. The molecular formula is C15H18N2O3S. The van der Waals surface area contributed by atoms with Crippen molar-refractivity contribution in [3.63, 3.8) is 0 Å². The monoisotopic (exact) mass is 306 g/mol. The van der Waals surface area contributed by atoms with Gasteiger partial charge in [0.1, 0.15) is 5.75 Å². The van der Waals surface area contributed by atoms with Crippen LogP contribution in [-0.2, 0) is 10.0 Å². The first-order chi connectivity index (χ1) is 10.0. The fourth-order valence-corrected chi connectivity index (χ4v) is 3.13. The van der Waals surface area contributed by atoms with Gasteiger partial charge in [0.2, 0.25) is 10.0 Å². The maximum Gasteiger partial charge on any atom is 0.241 e. The molecule has 0 saturated heterocycles. The molecule has 0 aliphatic carbocycles. The maximum absolute atomic E-state index is 12.3. The Labute approximate surface area is 125 Å². The first-order valence-electron chi connectivity index (χ1n) is 6.68. The van der Waals surface area contributed by atoms with E-state index in [1.165, 1.54) is 12.1 Å². The largest absolute Gasteiger partial charge is 0.494 e. The second kappa shape index (κ2) is 6.69. The zero-order chi connectivity index (χ0) is 15.3. The molecule has 112 valence electrons. The molecule has 1 unspecified atom stereocenters. The molecule has 6 heteroatoms. The number of ether oxygens (including phenoxy) is 1. The SMILES string of the molecule is CCOc1ccc(S(=O)(=O)NC(C)c2ccncc2)cc1. The zero-order valence-corrected chi connectivity index (χ0v) is 12.8. The van der Waals surface area contributed by atoms with Crippen molar-refractivity contribution >= 4 is 10.0 Å². The highest BCUT2D eigenvalue weighted by Crippen LogP contribution is 2.19. The van der Waals surface area contributed by atoms with Gasteiger partial charge in [0.25, 0.3) is 0 Å². The summed E-state index contributed by atoms with van der Waals surface area (Å²) in [5.41, 5.74) is 0.861. The molecule has 2 rings (SSSR count). The normalized spacial score (nSPS) is 12.9. The van der Waals surface area contributed by atoms with Gasteiger partial charge in [-0.05, 0) is 55.8 Å². The van der Waals surface area contributed by atoms with Crippen LogP contribution in [0.4, 0.5) is 0 Å². The number of benzene rings is 1. The van der Waals surface area contributed by atoms with Crippen molar-refractivity contribution in [3.05, 3.63) is 54.4 Å². The number of hydrogen-bond donors (Lipinski definition) is 1. The highest BCUT2D eigenvalue weighted by Gasteiger charge is 2.18. The minimum absolute atomic E-state index is 0.215. The summed E-state index contributed by atoms with van der Waals surface area (Å²) >= 11 is 0. The van der Waals surface area contributed by atoms with E-state index in [1.54, 1.807) is 43.6 Å². The fourth-order valence-electron chi connectivity index (χ4n) is 1.90. The molecule has 1 atom stereocenters. The lowest BCUT2D eigenvalue weighted by molar-refractivity contribution is 0.340. The molecular weight excluding hydrogens is 288 g/mol. The minimum Gasteiger partial charge on any atom is -0.494 e. The number of rotatable bonds is 6. The van der Waals surface area contributed by atoms with E-state index in [4.69, 9.17) is 4.74 Å². The van der Waals surface area contributed by atoms with Crippen LogP contribution in [0.1, 0.15) is 25.5 Å². The van der Waals surface area contributed by atoms with E-state index < -0.39 is 10.0 Å². The molecule has 21 heavy (non-hydrogen) atoms. The van der Waals surface area contributed by atoms with Gasteiger partial charge in [-0.15, -0.1) is 0 Å². The van der Waals surface area contributed by atoms with Crippen molar-refractivity contribution in [2.75, 3.05) is 6.61 Å². The first kappa shape index (κ1) is 15.5. The van der Waals surface area contributed by atoms with E-state index in [0.717, 1.165) is 5.56 Å². The van der Waals surface area contributed by atoms with Gasteiger partial charge in [-0.25, -0.2) is 13.1 Å². The van der Waals surface area contributed by atoms with Crippen LogP contribution in [0.2, 0.25) is 0 Å². The van der Waals surface area contributed by atoms with Crippen molar-refractivity contribution < 1.29 is 13.2 Å². The van der Waals surface area contributed by atoms with E-state index >= 15 is 0 Å². The van der Waals surface area contributed by atoms with Crippen LogP contribution in [0.5, 0.6) is 5.75 Å². The fraction of sp³-hybridized carbons (Fsp3) is 0.267. The summed E-state index contributed by atoms with van der Waals surface area (Å²) in [6.07, 6.45) is 3.27. The Morgan fingerprint density at radius 2 is 1.76 bits per heavy atom. The molecule has 0 aliphatic heterocycles. The number of sulfonamides is 1. The molecule has 0 bridgehead atoms. The van der Waals surface area contributed by atoms with Gasteiger partial charge in [0.05, 0.1) is 11.5 Å². The second-order valence-electron chi connectivity index (χ2n) is 4.53. The summed E-state index contributed by atoms with van der Waals surface area (Å²) in [5, 5.41) is 0. The van der Waals surface area contributed by atoms with Crippen LogP contribution in [-0.4, -0.2) is 20.0 Å². The van der Waals surface area contributed by atoms with E-state index in [-0.39, 0.29) is 10.9 Å². The lowest BCUT2D eigenvalue weighted by Gasteiger charge is -2.14. The smallest absolute Gasteiger partial charge is 0.241 e. The predicted octanol–water partition coefficient (Wildman–Crippen LogP) is 2.52. The molecule has 0 aliphatic rings. The van der Waals surface area contributed by atoms with E-state index in [1.807, 2.05) is 6.92 Å². The number of aromatic nitrogens is 1. The van der Waals surface area contributed by atoms with E-state index in [0.29, 0.717) is 12.4 Å². The molecule has 1 heterocycles. The van der Waals surface area contributed by atoms with Crippen molar-refractivity contribution in [1.29, 1.82) is 0 Å². The van der Waals surface area contributed by atoms with E-state index in [9.17, 15) is 8.42 Å². The molecule has 0 spiro atoms. The Morgan fingerprint density at radius 1 is 1.14 bits per heavy atom. The molecule has 2 aromatic rings. The average Bonchev–Trinajstić information content (AvgIpc) is 2.48. The Balaban J connectivity index is 2.14. The average molecular weight is 306 g/mol. The lowest BCUT2D eigenvalue weighted by atomic mass is 10.1. The Bertz CT molecular complexity index is 670. The third-order valence-electron chi connectivity index (χ3n) is 2.98. The van der Waals surface area contributed by atoms with Gasteiger partial charge in [0, 0.05) is 18.4 Å². The molecule has 5 nitrogen and oxygen atoms in total. The molecule has 0 saturated carbocycles. The van der Waals surface area contributed by atoms with E-state index in [2.05, 4.69) is 9.71 Å². The number of nitrogens with zero attached hydrogens (tertiary/aromatic N) is 1.